The summed E-state index contributed by atoms with van der Waals surface area (Å²) in [4.78, 5) is 23.9. The molecule has 2 rings (SSSR count). The Morgan fingerprint density at radius 1 is 1.27 bits per heavy atom. The highest BCUT2D eigenvalue weighted by Crippen LogP contribution is 2.26. The molecule has 1 amide bonds. The van der Waals surface area contributed by atoms with Crippen molar-refractivity contribution >= 4 is 58.9 Å². The molecule has 0 spiro atoms. The number of aromatic nitrogens is 1. The van der Waals surface area contributed by atoms with Crippen LogP contribution in [0.2, 0.25) is 0 Å². The first-order chi connectivity index (χ1) is 12.1. The Kier molecular flexibility index (Phi) is 11.5. The van der Waals surface area contributed by atoms with Gasteiger partial charge in [0, 0.05) is 44.2 Å². The molecule has 0 bridgehead atoms. The third kappa shape index (κ3) is 7.99. The Labute approximate surface area is 182 Å². The van der Waals surface area contributed by atoms with Gasteiger partial charge in [-0.3, -0.25) is 4.79 Å². The number of nitrogens with zero attached hydrogens (tertiary/aromatic N) is 3. The molecule has 1 aromatic rings. The number of halogens is 1. The topological polar surface area (TPSA) is 69.6 Å². The second kappa shape index (κ2) is 12.8. The van der Waals surface area contributed by atoms with E-state index in [1.165, 1.54) is 34.8 Å². The summed E-state index contributed by atoms with van der Waals surface area (Å²) in [5.41, 5.74) is 1.31. The molecule has 2 N–H and O–H groups in total. The summed E-state index contributed by atoms with van der Waals surface area (Å²) in [6.45, 7) is 1.76. The number of hydrogen-bond acceptors (Lipinski definition) is 5. The molecule has 1 heterocycles. The van der Waals surface area contributed by atoms with Crippen molar-refractivity contribution in [2.75, 3.05) is 45.7 Å². The average Bonchev–Trinajstić information content (AvgIpc) is 3.01. The van der Waals surface area contributed by atoms with Gasteiger partial charge >= 0.3 is 0 Å². The van der Waals surface area contributed by atoms with Crippen LogP contribution in [0.4, 0.5) is 0 Å². The van der Waals surface area contributed by atoms with Gasteiger partial charge in [0.25, 0.3) is 0 Å². The van der Waals surface area contributed by atoms with Crippen LogP contribution < -0.4 is 10.6 Å². The lowest BCUT2D eigenvalue weighted by molar-refractivity contribution is -0.127. The molecular formula is C17H30IN5OS2. The minimum Gasteiger partial charge on any atom is -0.356 e. The first kappa shape index (κ1) is 23.5. The van der Waals surface area contributed by atoms with Crippen LogP contribution in [0.15, 0.2) is 4.99 Å². The summed E-state index contributed by atoms with van der Waals surface area (Å²) in [5.74, 6) is 1.70. The first-order valence-corrected chi connectivity index (χ1v) is 11.0. The number of hydrogen-bond donors (Lipinski definition) is 2. The molecule has 0 fully saturated rings. The van der Waals surface area contributed by atoms with Gasteiger partial charge in [0.2, 0.25) is 5.91 Å². The summed E-state index contributed by atoms with van der Waals surface area (Å²) in [7, 11) is 3.49. The van der Waals surface area contributed by atoms with E-state index in [9.17, 15) is 4.79 Å². The zero-order chi connectivity index (χ0) is 18.1. The second-order valence-electron chi connectivity index (χ2n) is 6.23. The van der Waals surface area contributed by atoms with Crippen molar-refractivity contribution in [1.29, 1.82) is 0 Å². The van der Waals surface area contributed by atoms with Crippen LogP contribution in [0.3, 0.4) is 0 Å². The lowest BCUT2D eigenvalue weighted by atomic mass is 10.0. The smallest absolute Gasteiger partial charge is 0.243 e. The van der Waals surface area contributed by atoms with Gasteiger partial charge in [-0.05, 0) is 31.9 Å². The van der Waals surface area contributed by atoms with Crippen molar-refractivity contribution in [3.8, 4) is 0 Å². The SMILES string of the molecule is CSCCNC(=NCC(=O)N(C)C)NCCc1nc2c(s1)CCCC2.I. The van der Waals surface area contributed by atoms with Crippen LogP contribution in [-0.2, 0) is 24.1 Å². The van der Waals surface area contributed by atoms with E-state index in [-0.39, 0.29) is 36.4 Å². The van der Waals surface area contributed by atoms with E-state index in [2.05, 4.69) is 21.9 Å². The summed E-state index contributed by atoms with van der Waals surface area (Å²) >= 11 is 3.64. The zero-order valence-corrected chi connectivity index (χ0v) is 19.8. The minimum absolute atomic E-state index is 0. The Morgan fingerprint density at radius 2 is 2.00 bits per heavy atom. The van der Waals surface area contributed by atoms with Gasteiger partial charge in [0.1, 0.15) is 6.54 Å². The predicted molar refractivity (Wildman–Crippen MR) is 123 cm³/mol. The molecule has 0 saturated heterocycles. The molecule has 1 aliphatic rings. The number of carbonyl (C=O) groups excluding carboxylic acids is 1. The van der Waals surface area contributed by atoms with Crippen molar-refractivity contribution in [2.24, 2.45) is 4.99 Å². The van der Waals surface area contributed by atoms with Crippen molar-refractivity contribution in [1.82, 2.24) is 20.5 Å². The number of rotatable bonds is 8. The van der Waals surface area contributed by atoms with Crippen molar-refractivity contribution in [3.05, 3.63) is 15.6 Å². The maximum Gasteiger partial charge on any atom is 0.243 e. The second-order valence-corrected chi connectivity index (χ2v) is 8.39. The summed E-state index contributed by atoms with van der Waals surface area (Å²) in [5, 5.41) is 7.81. The van der Waals surface area contributed by atoms with Gasteiger partial charge < -0.3 is 15.5 Å². The number of thiazole rings is 1. The van der Waals surface area contributed by atoms with E-state index in [4.69, 9.17) is 4.98 Å². The highest BCUT2D eigenvalue weighted by molar-refractivity contribution is 14.0. The van der Waals surface area contributed by atoms with Crippen LogP contribution in [0, 0.1) is 0 Å². The summed E-state index contributed by atoms with van der Waals surface area (Å²) in [6.07, 6.45) is 7.85. The molecular weight excluding hydrogens is 481 g/mol. The van der Waals surface area contributed by atoms with Gasteiger partial charge in [0.15, 0.2) is 5.96 Å². The maximum atomic E-state index is 11.7. The molecule has 0 unspecified atom stereocenters. The molecule has 148 valence electrons. The molecule has 1 aromatic heterocycles. The molecule has 9 heteroatoms. The van der Waals surface area contributed by atoms with E-state index in [1.54, 1.807) is 30.8 Å². The molecule has 0 radical (unpaired) electrons. The normalized spacial score (nSPS) is 13.6. The number of likely N-dealkylation sites (N-methyl/N-ethyl adjacent to an activating group) is 1. The fourth-order valence-electron chi connectivity index (χ4n) is 2.53. The first-order valence-electron chi connectivity index (χ1n) is 8.79. The number of amides is 1. The van der Waals surface area contributed by atoms with Gasteiger partial charge in [-0.15, -0.1) is 35.3 Å². The molecule has 26 heavy (non-hydrogen) atoms. The Balaban J connectivity index is 0.00000338. The monoisotopic (exact) mass is 511 g/mol. The Bertz CT molecular complexity index is 568. The number of nitrogens with one attached hydrogen (secondary N) is 2. The molecule has 0 aliphatic heterocycles. The number of fused-ring (bicyclic) bond motifs is 1. The summed E-state index contributed by atoms with van der Waals surface area (Å²) in [6, 6.07) is 0. The van der Waals surface area contributed by atoms with Crippen molar-refractivity contribution < 1.29 is 4.79 Å². The van der Waals surface area contributed by atoms with Crippen LogP contribution in [-0.4, -0.2) is 67.5 Å². The van der Waals surface area contributed by atoms with E-state index in [0.717, 1.165) is 31.7 Å². The van der Waals surface area contributed by atoms with Crippen LogP contribution in [0.25, 0.3) is 0 Å². The van der Waals surface area contributed by atoms with Gasteiger partial charge in [0.05, 0.1) is 10.7 Å². The van der Waals surface area contributed by atoms with E-state index < -0.39 is 0 Å². The Hall–Kier alpha value is -0.550. The molecule has 0 atom stereocenters. The lowest BCUT2D eigenvalue weighted by Gasteiger charge is -2.13. The van der Waals surface area contributed by atoms with Crippen LogP contribution >= 0.6 is 47.1 Å². The maximum absolute atomic E-state index is 11.7. The largest absolute Gasteiger partial charge is 0.356 e. The van der Waals surface area contributed by atoms with E-state index >= 15 is 0 Å². The predicted octanol–water partition coefficient (Wildman–Crippen LogP) is 2.17. The van der Waals surface area contributed by atoms with Gasteiger partial charge in [-0.25, -0.2) is 9.98 Å². The Morgan fingerprint density at radius 3 is 2.69 bits per heavy atom. The number of aliphatic imine (C=N–C) groups is 1. The van der Waals surface area contributed by atoms with E-state index in [1.807, 2.05) is 11.3 Å². The third-order valence-electron chi connectivity index (χ3n) is 3.99. The lowest BCUT2D eigenvalue weighted by Crippen LogP contribution is -2.40. The standard InChI is InChI=1S/C17H29N5OS2.HI/c1-22(2)16(23)12-20-17(19-10-11-24-3)18-9-8-15-21-13-6-4-5-7-14(13)25-15;/h4-12H2,1-3H3,(H2,18,19,20);1H. The van der Waals surface area contributed by atoms with Crippen molar-refractivity contribution in [3.63, 3.8) is 0 Å². The van der Waals surface area contributed by atoms with Crippen LogP contribution in [0.5, 0.6) is 0 Å². The molecule has 0 saturated carbocycles. The minimum atomic E-state index is -0.00133. The summed E-state index contributed by atoms with van der Waals surface area (Å²) < 4.78 is 0. The highest BCUT2D eigenvalue weighted by atomic mass is 127. The fraction of sp³-hybridized carbons (Fsp3) is 0.706. The number of guanidine groups is 1. The zero-order valence-electron chi connectivity index (χ0n) is 15.8. The number of carbonyl (C=O) groups is 1. The van der Waals surface area contributed by atoms with Crippen molar-refractivity contribution in [2.45, 2.75) is 32.1 Å². The molecule has 1 aliphatic carbocycles. The highest BCUT2D eigenvalue weighted by Gasteiger charge is 2.14. The number of thioether (sulfide) groups is 1. The molecule has 6 nitrogen and oxygen atoms in total. The third-order valence-corrected chi connectivity index (χ3v) is 5.82. The van der Waals surface area contributed by atoms with Crippen LogP contribution in [0.1, 0.15) is 28.4 Å². The quantitative estimate of drug-likeness (QED) is 0.242. The number of aryl methyl sites for hydroxylation is 2. The average molecular weight is 511 g/mol. The van der Waals surface area contributed by atoms with Gasteiger partial charge in [-0.1, -0.05) is 0 Å². The fourth-order valence-corrected chi connectivity index (χ4v) is 4.00. The van der Waals surface area contributed by atoms with E-state index in [0.29, 0.717) is 5.96 Å². The van der Waals surface area contributed by atoms with Gasteiger partial charge in [-0.2, -0.15) is 11.8 Å². The molecule has 0 aromatic carbocycles.